The molecule has 0 aliphatic carbocycles. The van der Waals surface area contributed by atoms with Gasteiger partial charge in [0.2, 0.25) is 17.7 Å². The van der Waals surface area contributed by atoms with Crippen molar-refractivity contribution < 1.29 is 19.5 Å². The van der Waals surface area contributed by atoms with Gasteiger partial charge in [0.25, 0.3) is 0 Å². The normalized spacial score (nSPS) is 34.6. The number of benzene rings is 1. The van der Waals surface area contributed by atoms with Crippen molar-refractivity contribution >= 4 is 29.5 Å². The number of rotatable bonds is 5. The summed E-state index contributed by atoms with van der Waals surface area (Å²) < 4.78 is -1.50. The van der Waals surface area contributed by atoms with Crippen LogP contribution in [0, 0.1) is 17.8 Å². The molecule has 2 saturated heterocycles. The summed E-state index contributed by atoms with van der Waals surface area (Å²) in [6.45, 7) is 7.06. The van der Waals surface area contributed by atoms with E-state index in [-0.39, 0.29) is 30.2 Å². The molecule has 4 aliphatic rings. The fourth-order valence-corrected chi connectivity index (χ4v) is 8.70. The summed E-state index contributed by atoms with van der Waals surface area (Å²) in [6, 6.07) is 8.52. The predicted molar refractivity (Wildman–Crippen MR) is 140 cm³/mol. The van der Waals surface area contributed by atoms with Crippen molar-refractivity contribution in [3.63, 3.8) is 0 Å². The molecule has 3 amide bonds. The molecule has 2 fully saturated rings. The second kappa shape index (κ2) is 9.06. The number of aliphatic hydroxyl groups excluding tert-OH is 1. The summed E-state index contributed by atoms with van der Waals surface area (Å²) in [7, 11) is 1.77. The quantitative estimate of drug-likeness (QED) is 0.617. The van der Waals surface area contributed by atoms with Crippen LogP contribution in [0.5, 0.6) is 0 Å². The van der Waals surface area contributed by atoms with Gasteiger partial charge in [0.05, 0.1) is 29.2 Å². The standard InChI is InChI=1S/C28H35N3O4S/c1-18(2)20(17-32)31-23-26(35)30(16-19-10-6-5-7-11-19)15-9-13-28(23)22(25(31)34)21-24(33)29(4)14-8-12-27(21,3)36-28/h5-13,18,20-23,32H,14-17H2,1-4H3/t20-,21+,22-,23?,27-,28-/m0/s1. The lowest BCUT2D eigenvalue weighted by molar-refractivity contribution is -0.148. The van der Waals surface area contributed by atoms with Gasteiger partial charge in [0, 0.05) is 31.4 Å². The number of carbonyl (C=O) groups is 3. The smallest absolute Gasteiger partial charge is 0.247 e. The molecule has 0 bridgehead atoms. The van der Waals surface area contributed by atoms with Crippen LogP contribution in [-0.4, -0.2) is 85.8 Å². The summed E-state index contributed by atoms with van der Waals surface area (Å²) in [4.78, 5) is 47.5. The Morgan fingerprint density at radius 3 is 2.36 bits per heavy atom. The number of aliphatic hydroxyl groups is 1. The molecule has 0 aromatic heterocycles. The van der Waals surface area contributed by atoms with Gasteiger partial charge in [0.1, 0.15) is 6.04 Å². The third kappa shape index (κ3) is 3.64. The van der Waals surface area contributed by atoms with E-state index in [4.69, 9.17) is 0 Å². The van der Waals surface area contributed by atoms with Gasteiger partial charge >= 0.3 is 0 Å². The van der Waals surface area contributed by atoms with E-state index in [0.29, 0.717) is 19.6 Å². The predicted octanol–water partition coefficient (Wildman–Crippen LogP) is 2.32. The molecule has 7 nitrogen and oxygen atoms in total. The van der Waals surface area contributed by atoms with Crippen LogP contribution < -0.4 is 0 Å². The summed E-state index contributed by atoms with van der Waals surface area (Å²) in [5.41, 5.74) is 1.01. The molecule has 1 spiro atoms. The van der Waals surface area contributed by atoms with Crippen molar-refractivity contribution in [3.8, 4) is 0 Å². The van der Waals surface area contributed by atoms with E-state index in [1.807, 2.05) is 69.3 Å². The summed E-state index contributed by atoms with van der Waals surface area (Å²) in [6.07, 6.45) is 8.08. The lowest BCUT2D eigenvalue weighted by Crippen LogP contribution is -2.57. The fourth-order valence-electron chi connectivity index (χ4n) is 6.55. The number of likely N-dealkylation sites (tertiary alicyclic amines) is 1. The van der Waals surface area contributed by atoms with E-state index >= 15 is 0 Å². The first-order chi connectivity index (χ1) is 17.1. The molecule has 1 aromatic rings. The van der Waals surface area contributed by atoms with E-state index in [0.717, 1.165) is 5.56 Å². The summed E-state index contributed by atoms with van der Waals surface area (Å²) in [5, 5.41) is 10.4. The molecular weight excluding hydrogens is 474 g/mol. The van der Waals surface area contributed by atoms with Crippen LogP contribution in [0.1, 0.15) is 26.3 Å². The third-order valence-electron chi connectivity index (χ3n) is 8.31. The number of hydrogen-bond donors (Lipinski definition) is 1. The Balaban J connectivity index is 1.65. The number of likely N-dealkylation sites (N-methyl/N-ethyl adjacent to an activating group) is 1. The maximum absolute atomic E-state index is 14.4. The Hall–Kier alpha value is -2.58. The Morgan fingerprint density at radius 1 is 1.00 bits per heavy atom. The molecule has 4 heterocycles. The maximum atomic E-state index is 14.4. The number of thioether (sulfide) groups is 1. The first-order valence-corrected chi connectivity index (χ1v) is 13.5. The van der Waals surface area contributed by atoms with Gasteiger partial charge in [-0.25, -0.2) is 0 Å². The molecule has 6 atom stereocenters. The highest BCUT2D eigenvalue weighted by Crippen LogP contribution is 2.65. The first kappa shape index (κ1) is 25.1. The van der Waals surface area contributed by atoms with Crippen LogP contribution in [0.3, 0.4) is 0 Å². The van der Waals surface area contributed by atoms with E-state index < -0.39 is 33.4 Å². The van der Waals surface area contributed by atoms with Crippen molar-refractivity contribution in [2.75, 3.05) is 26.7 Å². The Labute approximate surface area is 217 Å². The van der Waals surface area contributed by atoms with Crippen LogP contribution in [0.15, 0.2) is 54.6 Å². The van der Waals surface area contributed by atoms with Gasteiger partial charge in [-0.3, -0.25) is 14.4 Å². The number of hydrogen-bond acceptors (Lipinski definition) is 5. The van der Waals surface area contributed by atoms with E-state index in [9.17, 15) is 19.5 Å². The Bertz CT molecular complexity index is 1120. The minimum Gasteiger partial charge on any atom is -0.394 e. The summed E-state index contributed by atoms with van der Waals surface area (Å²) >= 11 is 1.58. The molecule has 0 saturated carbocycles. The van der Waals surface area contributed by atoms with Gasteiger partial charge < -0.3 is 19.8 Å². The zero-order chi connectivity index (χ0) is 25.8. The number of carbonyl (C=O) groups excluding carboxylic acids is 3. The monoisotopic (exact) mass is 509 g/mol. The van der Waals surface area contributed by atoms with Crippen LogP contribution >= 0.6 is 11.8 Å². The molecular formula is C28H35N3O4S. The lowest BCUT2D eigenvalue weighted by atomic mass is 9.74. The van der Waals surface area contributed by atoms with Crippen molar-refractivity contribution in [1.82, 2.24) is 14.7 Å². The van der Waals surface area contributed by atoms with Crippen molar-refractivity contribution in [1.29, 1.82) is 0 Å². The Morgan fingerprint density at radius 2 is 1.69 bits per heavy atom. The SMILES string of the molecule is CC(C)[C@H](CO)N1C(=O)[C@@H]2[C@@H]3C(=O)N(C)CC=C[C@]3(C)S[C@@]23C=CCN(Cc2ccccc2)C(=O)C13. The van der Waals surface area contributed by atoms with Crippen molar-refractivity contribution in [2.45, 2.75) is 48.9 Å². The first-order valence-electron chi connectivity index (χ1n) is 12.7. The molecule has 0 radical (unpaired) electrons. The van der Waals surface area contributed by atoms with Gasteiger partial charge in [-0.2, -0.15) is 0 Å². The van der Waals surface area contributed by atoms with Crippen LogP contribution in [0.2, 0.25) is 0 Å². The highest BCUT2D eigenvalue weighted by Gasteiger charge is 2.74. The van der Waals surface area contributed by atoms with Gasteiger partial charge in [0.15, 0.2) is 0 Å². The molecule has 192 valence electrons. The highest BCUT2D eigenvalue weighted by molar-refractivity contribution is 8.02. The van der Waals surface area contributed by atoms with Gasteiger partial charge in [-0.1, -0.05) is 68.5 Å². The zero-order valence-electron chi connectivity index (χ0n) is 21.3. The zero-order valence-corrected chi connectivity index (χ0v) is 22.1. The summed E-state index contributed by atoms with van der Waals surface area (Å²) in [5.74, 6) is -1.72. The molecule has 4 aliphatic heterocycles. The van der Waals surface area contributed by atoms with Crippen LogP contribution in [-0.2, 0) is 20.9 Å². The number of amides is 3. The second-order valence-electron chi connectivity index (χ2n) is 11.0. The van der Waals surface area contributed by atoms with Crippen LogP contribution in [0.4, 0.5) is 0 Å². The molecule has 8 heteroatoms. The lowest BCUT2D eigenvalue weighted by Gasteiger charge is -2.41. The largest absolute Gasteiger partial charge is 0.394 e. The molecule has 1 aromatic carbocycles. The molecule has 36 heavy (non-hydrogen) atoms. The number of fused-ring (bicyclic) bond motifs is 2. The van der Waals surface area contributed by atoms with Crippen molar-refractivity contribution in [2.24, 2.45) is 17.8 Å². The van der Waals surface area contributed by atoms with E-state index in [1.165, 1.54) is 0 Å². The van der Waals surface area contributed by atoms with Crippen molar-refractivity contribution in [3.05, 3.63) is 60.2 Å². The topological polar surface area (TPSA) is 81.2 Å². The maximum Gasteiger partial charge on any atom is 0.247 e. The fraction of sp³-hybridized carbons (Fsp3) is 0.536. The minimum absolute atomic E-state index is 0.0544. The average molecular weight is 510 g/mol. The second-order valence-corrected chi connectivity index (χ2v) is 12.8. The Kier molecular flexibility index (Phi) is 6.32. The molecule has 1 unspecified atom stereocenters. The van der Waals surface area contributed by atoms with Gasteiger partial charge in [-0.05, 0) is 18.4 Å². The molecule has 5 rings (SSSR count). The highest BCUT2D eigenvalue weighted by atomic mass is 32.2. The molecule has 1 N–H and O–H groups in total. The third-order valence-corrected chi connectivity index (χ3v) is 10.1. The van der Waals surface area contributed by atoms with Gasteiger partial charge in [-0.15, -0.1) is 11.8 Å². The minimum atomic E-state index is -0.889. The van der Waals surface area contributed by atoms with E-state index in [2.05, 4.69) is 6.08 Å². The van der Waals surface area contributed by atoms with E-state index in [1.54, 1.807) is 33.5 Å². The number of nitrogens with zero attached hydrogens (tertiary/aromatic N) is 3. The van der Waals surface area contributed by atoms with Crippen LogP contribution in [0.25, 0.3) is 0 Å². The average Bonchev–Trinajstić information content (AvgIpc) is 3.12.